The van der Waals surface area contributed by atoms with Crippen LogP contribution in [0.3, 0.4) is 0 Å². The fourth-order valence-corrected chi connectivity index (χ4v) is 6.16. The number of anilines is 2. The van der Waals surface area contributed by atoms with Crippen molar-refractivity contribution in [2.24, 2.45) is 11.3 Å². The lowest BCUT2D eigenvalue weighted by atomic mass is 9.61. The molecule has 3 atom stereocenters. The van der Waals surface area contributed by atoms with Gasteiger partial charge < -0.3 is 25.0 Å². The normalized spacial score (nSPS) is 23.5. The summed E-state index contributed by atoms with van der Waals surface area (Å²) in [6.45, 7) is 6.71. The minimum absolute atomic E-state index is 0.162. The molecule has 3 aromatic rings. The van der Waals surface area contributed by atoms with Crippen LogP contribution in [0.25, 0.3) is 10.4 Å². The molecular weight excluding hydrogens is 492 g/mol. The molecule has 0 bridgehead atoms. The lowest BCUT2D eigenvalue weighted by Crippen LogP contribution is -2.46. The smallest absolute Gasteiger partial charge is 0.309 e. The number of aryl methyl sites for hydroxylation is 1. The van der Waals surface area contributed by atoms with Crippen LogP contribution in [-0.2, 0) is 15.1 Å². The first-order valence-electron chi connectivity index (χ1n) is 12.4. The number of aromatic nitrogens is 3. The van der Waals surface area contributed by atoms with Gasteiger partial charge in [-0.3, -0.25) is 4.79 Å². The van der Waals surface area contributed by atoms with Crippen LogP contribution in [0.15, 0.2) is 36.7 Å². The summed E-state index contributed by atoms with van der Waals surface area (Å²) in [5.41, 5.74) is 0.898. The first-order valence-corrected chi connectivity index (χ1v) is 13.3. The monoisotopic (exact) mass is 526 g/mol. The van der Waals surface area contributed by atoms with Crippen molar-refractivity contribution in [3.63, 3.8) is 0 Å². The first-order chi connectivity index (χ1) is 17.7. The van der Waals surface area contributed by atoms with Crippen molar-refractivity contribution < 1.29 is 24.5 Å². The lowest BCUT2D eigenvalue weighted by Gasteiger charge is -2.45. The first kappa shape index (κ1) is 27.0. The Balaban J connectivity index is 1.53. The van der Waals surface area contributed by atoms with Crippen LogP contribution < -0.4 is 10.1 Å². The maximum Gasteiger partial charge on any atom is 0.309 e. The molecule has 9 nitrogen and oxygen atoms in total. The number of nitrogens with one attached hydrogen (secondary N) is 1. The number of carboxylic acid groups (broad SMARTS) is 1. The Hall–Kier alpha value is -3.08. The van der Waals surface area contributed by atoms with Crippen LogP contribution in [-0.4, -0.2) is 51.5 Å². The number of rotatable bonds is 10. The number of methoxy groups -OCH3 is 1. The highest BCUT2D eigenvalue weighted by molar-refractivity contribution is 7.15. The van der Waals surface area contributed by atoms with Crippen LogP contribution in [0.1, 0.15) is 50.1 Å². The van der Waals surface area contributed by atoms with Gasteiger partial charge in [-0.2, -0.15) is 4.98 Å². The maximum atomic E-state index is 12.0. The Morgan fingerprint density at radius 3 is 2.76 bits per heavy atom. The second-order valence-electron chi connectivity index (χ2n) is 9.75. The molecule has 0 radical (unpaired) electrons. The molecule has 4 rings (SSSR count). The largest absolute Gasteiger partial charge is 0.481 e. The number of benzene rings is 1. The fourth-order valence-electron chi connectivity index (χ4n) is 5.13. The summed E-state index contributed by atoms with van der Waals surface area (Å²) < 4.78 is 10.6. The van der Waals surface area contributed by atoms with Gasteiger partial charge in [-0.05, 0) is 61.8 Å². The molecule has 1 aromatic carbocycles. The van der Waals surface area contributed by atoms with Crippen molar-refractivity contribution in [3.05, 3.63) is 47.2 Å². The van der Waals surface area contributed by atoms with Gasteiger partial charge in [-0.25, -0.2) is 9.97 Å². The third-order valence-electron chi connectivity index (χ3n) is 7.32. The van der Waals surface area contributed by atoms with E-state index in [4.69, 9.17) is 9.47 Å². The van der Waals surface area contributed by atoms with Crippen LogP contribution in [0.2, 0.25) is 0 Å². The molecule has 3 N–H and O–H groups in total. The molecule has 3 unspecified atom stereocenters. The SMILES string of the molecule is CCC1(C(=O)O)CCC(O)(c2ncc(-c3cc(C)cc(Nc4nccc(OCCOC)n4)c3)s2)CC1C. The van der Waals surface area contributed by atoms with Gasteiger partial charge in [0.15, 0.2) is 0 Å². The predicted octanol–water partition coefficient (Wildman–Crippen LogP) is 5.17. The minimum Gasteiger partial charge on any atom is -0.481 e. The van der Waals surface area contributed by atoms with E-state index in [1.165, 1.54) is 11.3 Å². The van der Waals surface area contributed by atoms with Gasteiger partial charge >= 0.3 is 5.97 Å². The number of hydrogen-bond donors (Lipinski definition) is 3. The van der Waals surface area contributed by atoms with E-state index in [0.29, 0.717) is 55.7 Å². The summed E-state index contributed by atoms with van der Waals surface area (Å²) in [7, 11) is 1.62. The van der Waals surface area contributed by atoms with E-state index in [-0.39, 0.29) is 5.92 Å². The van der Waals surface area contributed by atoms with Gasteiger partial charge in [-0.1, -0.05) is 19.9 Å². The second kappa shape index (κ2) is 11.1. The van der Waals surface area contributed by atoms with Crippen molar-refractivity contribution in [3.8, 4) is 16.3 Å². The van der Waals surface area contributed by atoms with E-state index in [0.717, 1.165) is 21.7 Å². The van der Waals surface area contributed by atoms with Gasteiger partial charge in [0.2, 0.25) is 11.8 Å². The third-order valence-corrected chi connectivity index (χ3v) is 8.56. The maximum absolute atomic E-state index is 12.0. The number of aliphatic carboxylic acids is 1. The molecule has 0 spiro atoms. The molecule has 37 heavy (non-hydrogen) atoms. The van der Waals surface area contributed by atoms with Crippen molar-refractivity contribution in [1.29, 1.82) is 0 Å². The van der Waals surface area contributed by atoms with Crippen molar-refractivity contribution in [1.82, 2.24) is 15.0 Å². The lowest BCUT2D eigenvalue weighted by molar-refractivity contribution is -0.162. The molecule has 1 aliphatic rings. The van der Waals surface area contributed by atoms with E-state index in [2.05, 4.69) is 26.3 Å². The van der Waals surface area contributed by atoms with E-state index < -0.39 is 17.0 Å². The van der Waals surface area contributed by atoms with Crippen LogP contribution in [0, 0.1) is 18.3 Å². The van der Waals surface area contributed by atoms with Crippen LogP contribution in [0.4, 0.5) is 11.6 Å². The van der Waals surface area contributed by atoms with Gasteiger partial charge in [-0.15, -0.1) is 11.3 Å². The molecule has 198 valence electrons. The predicted molar refractivity (Wildman–Crippen MR) is 142 cm³/mol. The Morgan fingerprint density at radius 2 is 2.05 bits per heavy atom. The van der Waals surface area contributed by atoms with Crippen molar-refractivity contribution in [2.45, 2.75) is 52.1 Å². The number of carbonyl (C=O) groups is 1. The minimum atomic E-state index is -1.13. The molecule has 2 aromatic heterocycles. The number of aliphatic hydroxyl groups is 1. The summed E-state index contributed by atoms with van der Waals surface area (Å²) in [5, 5.41) is 25.2. The van der Waals surface area contributed by atoms with E-state index in [1.807, 2.05) is 32.9 Å². The standard InChI is InChI=1S/C27H34N4O5S/c1-5-26(24(32)33)7-8-27(34,15-18(26)3)23-29-16-21(37-23)19-12-17(2)13-20(14-19)30-25-28-9-6-22(31-25)36-11-10-35-4/h6,9,12-14,16,18,34H,5,7-8,10-11,15H2,1-4H3,(H,32,33)(H,28,30,31). The molecule has 0 amide bonds. The highest BCUT2D eigenvalue weighted by Gasteiger charge is 2.51. The van der Waals surface area contributed by atoms with Crippen molar-refractivity contribution in [2.75, 3.05) is 25.6 Å². The third kappa shape index (κ3) is 5.76. The highest BCUT2D eigenvalue weighted by atomic mass is 32.1. The summed E-state index contributed by atoms with van der Waals surface area (Å²) >= 11 is 1.45. The summed E-state index contributed by atoms with van der Waals surface area (Å²) in [6.07, 6.45) is 5.14. The van der Waals surface area contributed by atoms with E-state index in [1.54, 1.807) is 25.6 Å². The molecule has 1 fully saturated rings. The molecule has 1 aliphatic carbocycles. The second-order valence-corrected chi connectivity index (χ2v) is 10.8. The number of ether oxygens (including phenoxy) is 2. The average Bonchev–Trinajstić information content (AvgIpc) is 3.36. The van der Waals surface area contributed by atoms with Gasteiger partial charge in [0.1, 0.15) is 17.2 Å². The van der Waals surface area contributed by atoms with E-state index in [9.17, 15) is 15.0 Å². The molecular formula is C27H34N4O5S. The van der Waals surface area contributed by atoms with Gasteiger partial charge in [0.05, 0.1) is 16.9 Å². The summed E-state index contributed by atoms with van der Waals surface area (Å²) in [6, 6.07) is 7.75. The summed E-state index contributed by atoms with van der Waals surface area (Å²) in [5.74, 6) is -0.0652. The Bertz CT molecular complexity index is 1250. The zero-order valence-electron chi connectivity index (χ0n) is 21.7. The molecule has 0 aliphatic heterocycles. The zero-order chi connectivity index (χ0) is 26.6. The zero-order valence-corrected chi connectivity index (χ0v) is 22.5. The Morgan fingerprint density at radius 1 is 1.24 bits per heavy atom. The quantitative estimate of drug-likeness (QED) is 0.307. The Kier molecular flexibility index (Phi) is 8.11. The van der Waals surface area contributed by atoms with Gasteiger partial charge in [0, 0.05) is 31.3 Å². The fraction of sp³-hybridized carbons (Fsp3) is 0.481. The van der Waals surface area contributed by atoms with Crippen LogP contribution >= 0.6 is 11.3 Å². The van der Waals surface area contributed by atoms with Crippen molar-refractivity contribution >= 4 is 28.9 Å². The van der Waals surface area contributed by atoms with E-state index >= 15 is 0 Å². The number of nitrogens with zero attached hydrogens (tertiary/aromatic N) is 3. The molecule has 10 heteroatoms. The van der Waals surface area contributed by atoms with Gasteiger partial charge in [0.25, 0.3) is 0 Å². The average molecular weight is 527 g/mol. The summed E-state index contributed by atoms with van der Waals surface area (Å²) in [4.78, 5) is 26.2. The number of thiazole rings is 1. The molecule has 1 saturated carbocycles. The highest BCUT2D eigenvalue weighted by Crippen LogP contribution is 2.52. The van der Waals surface area contributed by atoms with Crippen LogP contribution in [0.5, 0.6) is 5.88 Å². The topological polar surface area (TPSA) is 127 Å². The molecule has 0 saturated heterocycles. The Labute approximate surface area is 220 Å². The molecule has 2 heterocycles. The number of hydrogen-bond acceptors (Lipinski definition) is 9. The number of carboxylic acids is 1.